The molecule has 1 amide bonds. The summed E-state index contributed by atoms with van der Waals surface area (Å²) in [7, 11) is 1.80. The molecule has 2 rings (SSSR count). The van der Waals surface area contributed by atoms with Gasteiger partial charge in [0.05, 0.1) is 4.92 Å². The zero-order chi connectivity index (χ0) is 18.4. The number of nitrogens with zero attached hydrogens (tertiary/aromatic N) is 3. The van der Waals surface area contributed by atoms with Crippen LogP contribution in [0.15, 0.2) is 35.1 Å². The number of aryl methyl sites for hydroxylation is 1. The van der Waals surface area contributed by atoms with Gasteiger partial charge < -0.3 is 10.6 Å². The van der Waals surface area contributed by atoms with E-state index in [0.29, 0.717) is 18.7 Å². The number of aromatic nitrogens is 2. The smallest absolute Gasteiger partial charge is 0.294 e. The molecule has 1 heterocycles. The fourth-order valence-electron chi connectivity index (χ4n) is 2.30. The van der Waals surface area contributed by atoms with Gasteiger partial charge in [0.25, 0.3) is 11.6 Å². The highest BCUT2D eigenvalue weighted by molar-refractivity contribution is 5.92. The fraction of sp³-hybridized carbons (Fsp3) is 0.312. The molecule has 0 radical (unpaired) electrons. The Hall–Kier alpha value is -3.07. The number of amides is 1. The van der Waals surface area contributed by atoms with Crippen molar-refractivity contribution in [2.45, 2.75) is 13.3 Å². The van der Waals surface area contributed by atoms with E-state index in [9.17, 15) is 19.7 Å². The highest BCUT2D eigenvalue weighted by Gasteiger charge is 2.19. The molecule has 0 bridgehead atoms. The first-order chi connectivity index (χ1) is 12.0. The average Bonchev–Trinajstić information content (AvgIpc) is 2.58. The van der Waals surface area contributed by atoms with Gasteiger partial charge in [-0.2, -0.15) is 5.10 Å². The van der Waals surface area contributed by atoms with Crippen LogP contribution in [0.25, 0.3) is 5.69 Å². The third-order valence-corrected chi connectivity index (χ3v) is 3.52. The number of para-hydroxylation sites is 2. The third-order valence-electron chi connectivity index (χ3n) is 3.52. The predicted octanol–water partition coefficient (Wildman–Crippen LogP) is 0.788. The first kappa shape index (κ1) is 18.3. The molecule has 132 valence electrons. The molecular formula is C16H19N5O4. The van der Waals surface area contributed by atoms with Crippen LogP contribution in [0.5, 0.6) is 0 Å². The molecule has 0 unspecified atom stereocenters. The van der Waals surface area contributed by atoms with E-state index in [1.807, 2.05) is 0 Å². The van der Waals surface area contributed by atoms with Crippen molar-refractivity contribution in [3.05, 3.63) is 62.1 Å². The van der Waals surface area contributed by atoms with Gasteiger partial charge in [-0.15, -0.1) is 0 Å². The Bertz CT molecular complexity index is 847. The number of nitrogens with one attached hydrogen (secondary N) is 2. The molecule has 2 N–H and O–H groups in total. The summed E-state index contributed by atoms with van der Waals surface area (Å²) < 4.78 is 1.24. The minimum atomic E-state index is -0.603. The lowest BCUT2D eigenvalue weighted by atomic mass is 10.2. The molecule has 0 saturated carbocycles. The molecule has 9 heteroatoms. The summed E-state index contributed by atoms with van der Waals surface area (Å²) in [6, 6.07) is 7.25. The number of nitro benzene ring substituents is 1. The average molecular weight is 345 g/mol. The Morgan fingerprint density at radius 2 is 2.04 bits per heavy atom. The van der Waals surface area contributed by atoms with Gasteiger partial charge in [0.2, 0.25) is 5.43 Å². The topological polar surface area (TPSA) is 119 Å². The van der Waals surface area contributed by atoms with Gasteiger partial charge in [0, 0.05) is 24.4 Å². The molecule has 1 aromatic heterocycles. The lowest BCUT2D eigenvalue weighted by Gasteiger charge is -2.11. The second kappa shape index (κ2) is 8.15. The zero-order valence-electron chi connectivity index (χ0n) is 14.0. The molecular weight excluding hydrogens is 326 g/mol. The molecule has 0 fully saturated rings. The van der Waals surface area contributed by atoms with E-state index in [1.54, 1.807) is 20.0 Å². The van der Waals surface area contributed by atoms with Crippen molar-refractivity contribution in [2.24, 2.45) is 0 Å². The Kier molecular flexibility index (Phi) is 5.96. The minimum Gasteiger partial charge on any atom is -0.350 e. The van der Waals surface area contributed by atoms with E-state index in [1.165, 1.54) is 28.9 Å². The molecule has 0 aliphatic rings. The maximum atomic E-state index is 12.2. The van der Waals surface area contributed by atoms with Gasteiger partial charge in [0.1, 0.15) is 5.69 Å². The maximum Gasteiger partial charge on any atom is 0.294 e. The van der Waals surface area contributed by atoms with E-state index in [0.717, 1.165) is 6.54 Å². The molecule has 0 atom stereocenters. The fourth-order valence-corrected chi connectivity index (χ4v) is 2.30. The number of carbonyl (C=O) groups excluding carboxylic acids is 1. The SMILES string of the molecule is CNCCCNC(=O)c1nn(-c2ccccc2[N+](=O)[O-])c(C)cc1=O. The summed E-state index contributed by atoms with van der Waals surface area (Å²) in [6.07, 6.45) is 0.701. The van der Waals surface area contributed by atoms with Gasteiger partial charge in [0.15, 0.2) is 5.69 Å². The maximum absolute atomic E-state index is 12.2. The standard InChI is InChI=1S/C16H19N5O4/c1-11-10-14(22)15(16(23)18-9-5-8-17-2)19-20(11)12-6-3-4-7-13(12)21(24)25/h3-4,6-7,10,17H,5,8-9H2,1-2H3,(H,18,23). The third kappa shape index (κ3) is 4.27. The number of rotatable bonds is 7. The molecule has 0 aliphatic carbocycles. The van der Waals surface area contributed by atoms with Crippen molar-refractivity contribution >= 4 is 11.6 Å². The van der Waals surface area contributed by atoms with Crippen molar-refractivity contribution in [1.29, 1.82) is 0 Å². The summed E-state index contributed by atoms with van der Waals surface area (Å²) in [5, 5.41) is 20.8. The first-order valence-electron chi connectivity index (χ1n) is 7.73. The van der Waals surface area contributed by atoms with E-state index in [4.69, 9.17) is 0 Å². The van der Waals surface area contributed by atoms with Crippen LogP contribution in [0.4, 0.5) is 5.69 Å². The quantitative estimate of drug-likeness (QED) is 0.435. The number of nitro groups is 1. The number of hydrogen-bond donors (Lipinski definition) is 2. The van der Waals surface area contributed by atoms with E-state index < -0.39 is 16.3 Å². The lowest BCUT2D eigenvalue weighted by molar-refractivity contribution is -0.384. The normalized spacial score (nSPS) is 10.5. The van der Waals surface area contributed by atoms with Crippen LogP contribution < -0.4 is 16.1 Å². The summed E-state index contributed by atoms with van der Waals surface area (Å²) in [5.41, 5.74) is -0.408. The van der Waals surface area contributed by atoms with Gasteiger partial charge >= 0.3 is 0 Å². The summed E-state index contributed by atoms with van der Waals surface area (Å²) in [6.45, 7) is 2.71. The Morgan fingerprint density at radius 3 is 2.72 bits per heavy atom. The van der Waals surface area contributed by atoms with Gasteiger partial charge in [-0.25, -0.2) is 4.68 Å². The molecule has 1 aromatic carbocycles. The highest BCUT2D eigenvalue weighted by Crippen LogP contribution is 2.22. The van der Waals surface area contributed by atoms with Crippen LogP contribution >= 0.6 is 0 Å². The Balaban J connectivity index is 2.40. The van der Waals surface area contributed by atoms with Crippen molar-refractivity contribution in [3.8, 4) is 5.69 Å². The molecule has 0 aliphatic heterocycles. The monoisotopic (exact) mass is 345 g/mol. The summed E-state index contributed by atoms with van der Waals surface area (Å²) >= 11 is 0. The number of benzene rings is 1. The largest absolute Gasteiger partial charge is 0.350 e. The molecule has 25 heavy (non-hydrogen) atoms. The zero-order valence-corrected chi connectivity index (χ0v) is 14.0. The van der Waals surface area contributed by atoms with Crippen molar-refractivity contribution in [1.82, 2.24) is 20.4 Å². The van der Waals surface area contributed by atoms with Gasteiger partial charge in [-0.1, -0.05) is 12.1 Å². The van der Waals surface area contributed by atoms with Crippen LogP contribution in [0.2, 0.25) is 0 Å². The Labute approximate surface area is 143 Å². The van der Waals surface area contributed by atoms with Crippen LogP contribution in [-0.2, 0) is 0 Å². The highest BCUT2D eigenvalue weighted by atomic mass is 16.6. The molecule has 2 aromatic rings. The van der Waals surface area contributed by atoms with E-state index in [-0.39, 0.29) is 17.1 Å². The molecule has 9 nitrogen and oxygen atoms in total. The number of carbonyl (C=O) groups is 1. The van der Waals surface area contributed by atoms with Crippen LogP contribution in [-0.4, -0.2) is 40.7 Å². The second-order valence-corrected chi connectivity index (χ2v) is 5.37. The van der Waals surface area contributed by atoms with Crippen molar-refractivity contribution in [2.75, 3.05) is 20.1 Å². The predicted molar refractivity (Wildman–Crippen MR) is 92.1 cm³/mol. The summed E-state index contributed by atoms with van der Waals surface area (Å²) in [5.74, 6) is -0.603. The van der Waals surface area contributed by atoms with Gasteiger partial charge in [-0.3, -0.25) is 19.7 Å². The number of hydrogen-bond acceptors (Lipinski definition) is 6. The van der Waals surface area contributed by atoms with Crippen LogP contribution in [0.3, 0.4) is 0 Å². The van der Waals surface area contributed by atoms with Crippen LogP contribution in [0.1, 0.15) is 22.6 Å². The lowest BCUT2D eigenvalue weighted by Crippen LogP contribution is -2.33. The van der Waals surface area contributed by atoms with E-state index >= 15 is 0 Å². The van der Waals surface area contributed by atoms with Crippen molar-refractivity contribution in [3.63, 3.8) is 0 Å². The van der Waals surface area contributed by atoms with Gasteiger partial charge in [-0.05, 0) is 33.0 Å². The van der Waals surface area contributed by atoms with Crippen LogP contribution in [0, 0.1) is 17.0 Å². The summed E-state index contributed by atoms with van der Waals surface area (Å²) in [4.78, 5) is 35.0. The first-order valence-corrected chi connectivity index (χ1v) is 7.73. The molecule has 0 saturated heterocycles. The second-order valence-electron chi connectivity index (χ2n) is 5.37. The van der Waals surface area contributed by atoms with E-state index in [2.05, 4.69) is 15.7 Å². The van der Waals surface area contributed by atoms with Crippen molar-refractivity contribution < 1.29 is 9.72 Å². The minimum absolute atomic E-state index is 0.165. The Morgan fingerprint density at radius 1 is 1.32 bits per heavy atom. The molecule has 0 spiro atoms.